The SMILES string of the molecule is CC(C)C(C)NC(=O)c1c(F)cc(Br)c(S(N)(=O)=O)c1F. The van der Waals surface area contributed by atoms with Gasteiger partial charge in [-0.1, -0.05) is 13.8 Å². The highest BCUT2D eigenvalue weighted by atomic mass is 79.9. The Morgan fingerprint density at radius 3 is 2.29 bits per heavy atom. The molecule has 3 N–H and O–H groups in total. The zero-order valence-corrected chi connectivity index (χ0v) is 14.0. The summed E-state index contributed by atoms with van der Waals surface area (Å²) in [7, 11) is -4.45. The number of nitrogens with two attached hydrogens (primary N) is 1. The second-order valence-corrected chi connectivity index (χ2v) is 7.26. The lowest BCUT2D eigenvalue weighted by molar-refractivity contribution is 0.0921. The van der Waals surface area contributed by atoms with E-state index in [0.29, 0.717) is 6.07 Å². The van der Waals surface area contributed by atoms with Crippen molar-refractivity contribution in [1.82, 2.24) is 5.32 Å². The number of carbonyl (C=O) groups excluding carboxylic acids is 1. The number of rotatable bonds is 4. The summed E-state index contributed by atoms with van der Waals surface area (Å²) in [6.45, 7) is 5.29. The lowest BCUT2D eigenvalue weighted by atomic mass is 10.1. The van der Waals surface area contributed by atoms with Crippen LogP contribution in [0.15, 0.2) is 15.4 Å². The molecule has 0 aromatic heterocycles. The van der Waals surface area contributed by atoms with E-state index in [1.54, 1.807) is 6.92 Å². The largest absolute Gasteiger partial charge is 0.349 e. The Morgan fingerprint density at radius 2 is 1.86 bits per heavy atom. The summed E-state index contributed by atoms with van der Waals surface area (Å²) in [5.74, 6) is -3.70. The molecule has 0 spiro atoms. The average molecular weight is 385 g/mol. The first-order valence-electron chi connectivity index (χ1n) is 5.98. The van der Waals surface area contributed by atoms with Gasteiger partial charge >= 0.3 is 0 Å². The average Bonchev–Trinajstić information content (AvgIpc) is 2.25. The van der Waals surface area contributed by atoms with Crippen molar-refractivity contribution < 1.29 is 22.0 Å². The van der Waals surface area contributed by atoms with Gasteiger partial charge in [-0.3, -0.25) is 4.79 Å². The van der Waals surface area contributed by atoms with Gasteiger partial charge in [0.25, 0.3) is 5.91 Å². The third-order valence-electron chi connectivity index (χ3n) is 3.00. The highest BCUT2D eigenvalue weighted by Crippen LogP contribution is 2.28. The first-order valence-corrected chi connectivity index (χ1v) is 8.31. The summed E-state index contributed by atoms with van der Waals surface area (Å²) >= 11 is 2.72. The van der Waals surface area contributed by atoms with Gasteiger partial charge in [-0.15, -0.1) is 0 Å². The fraction of sp³-hybridized carbons (Fsp3) is 0.417. The van der Waals surface area contributed by atoms with Crippen LogP contribution < -0.4 is 10.5 Å². The van der Waals surface area contributed by atoms with Crippen LogP contribution in [0, 0.1) is 17.6 Å². The Hall–Kier alpha value is -1.06. The van der Waals surface area contributed by atoms with Gasteiger partial charge in [0.05, 0.1) is 0 Å². The van der Waals surface area contributed by atoms with Crippen LogP contribution in [0.2, 0.25) is 0 Å². The molecule has 5 nitrogen and oxygen atoms in total. The van der Waals surface area contributed by atoms with Crippen LogP contribution in [0.1, 0.15) is 31.1 Å². The van der Waals surface area contributed by atoms with E-state index < -0.39 is 38.0 Å². The third kappa shape index (κ3) is 3.98. The molecule has 1 aromatic rings. The van der Waals surface area contributed by atoms with E-state index in [4.69, 9.17) is 5.14 Å². The molecule has 0 heterocycles. The van der Waals surface area contributed by atoms with Gasteiger partial charge in [0.15, 0.2) is 5.82 Å². The number of hydrogen-bond acceptors (Lipinski definition) is 3. The number of primary sulfonamides is 1. The summed E-state index contributed by atoms with van der Waals surface area (Å²) in [4.78, 5) is 11.0. The monoisotopic (exact) mass is 384 g/mol. The predicted octanol–water partition coefficient (Wildman–Crippen LogP) is 2.15. The van der Waals surface area contributed by atoms with Gasteiger partial charge in [0, 0.05) is 10.5 Å². The summed E-state index contributed by atoms with van der Waals surface area (Å²) in [5.41, 5.74) is -0.977. The standard InChI is InChI=1S/C12H15BrF2N2O3S/c1-5(2)6(3)17-12(18)9-8(14)4-7(13)11(10(9)15)21(16,19)20/h4-6H,1-3H3,(H,17,18)(H2,16,19,20). The van der Waals surface area contributed by atoms with Crippen molar-refractivity contribution in [3.63, 3.8) is 0 Å². The molecular formula is C12H15BrF2N2O3S. The Bertz CT molecular complexity index is 678. The first-order chi connectivity index (χ1) is 9.46. The molecule has 21 heavy (non-hydrogen) atoms. The Kier molecular flexibility index (Phi) is 5.46. The minimum Gasteiger partial charge on any atom is -0.349 e. The third-order valence-corrected chi connectivity index (χ3v) is 4.85. The number of amides is 1. The van der Waals surface area contributed by atoms with Gasteiger partial charge in [0.1, 0.15) is 16.3 Å². The molecule has 0 aliphatic carbocycles. The number of hydrogen-bond donors (Lipinski definition) is 2. The molecule has 118 valence electrons. The normalized spacial score (nSPS) is 13.3. The fourth-order valence-corrected chi connectivity index (χ4v) is 3.22. The van der Waals surface area contributed by atoms with Crippen molar-refractivity contribution in [3.8, 4) is 0 Å². The van der Waals surface area contributed by atoms with E-state index in [-0.39, 0.29) is 16.4 Å². The molecule has 0 aliphatic heterocycles. The van der Waals surface area contributed by atoms with Crippen molar-refractivity contribution in [2.24, 2.45) is 11.1 Å². The highest BCUT2D eigenvalue weighted by molar-refractivity contribution is 9.10. The van der Waals surface area contributed by atoms with Crippen molar-refractivity contribution >= 4 is 31.9 Å². The maximum Gasteiger partial charge on any atom is 0.257 e. The highest BCUT2D eigenvalue weighted by Gasteiger charge is 2.29. The Balaban J connectivity index is 3.41. The molecular weight excluding hydrogens is 370 g/mol. The molecule has 0 aliphatic rings. The van der Waals surface area contributed by atoms with Crippen LogP contribution in [-0.4, -0.2) is 20.4 Å². The van der Waals surface area contributed by atoms with Crippen LogP contribution in [0.25, 0.3) is 0 Å². The molecule has 1 atom stereocenters. The first kappa shape index (κ1) is 18.0. The summed E-state index contributed by atoms with van der Waals surface area (Å²) in [5, 5.41) is 7.28. The van der Waals surface area contributed by atoms with E-state index >= 15 is 0 Å². The number of carbonyl (C=O) groups is 1. The molecule has 0 saturated carbocycles. The molecule has 0 saturated heterocycles. The number of halogens is 3. The topological polar surface area (TPSA) is 89.3 Å². The van der Waals surface area contributed by atoms with E-state index in [2.05, 4.69) is 21.2 Å². The maximum atomic E-state index is 14.2. The zero-order chi connectivity index (χ0) is 16.5. The van der Waals surface area contributed by atoms with E-state index in [1.165, 1.54) is 0 Å². The number of sulfonamides is 1. The predicted molar refractivity (Wildman–Crippen MR) is 77.2 cm³/mol. The molecule has 1 unspecified atom stereocenters. The van der Waals surface area contributed by atoms with Gasteiger partial charge in [-0.25, -0.2) is 22.3 Å². The quantitative estimate of drug-likeness (QED) is 0.833. The van der Waals surface area contributed by atoms with Crippen molar-refractivity contribution in [3.05, 3.63) is 27.7 Å². The van der Waals surface area contributed by atoms with Crippen LogP contribution >= 0.6 is 15.9 Å². The summed E-state index contributed by atoms with van der Waals surface area (Å²) in [6.07, 6.45) is 0. The molecule has 1 amide bonds. The smallest absolute Gasteiger partial charge is 0.257 e. The zero-order valence-electron chi connectivity index (χ0n) is 11.6. The van der Waals surface area contributed by atoms with Gasteiger partial charge in [0.2, 0.25) is 10.0 Å². The summed E-state index contributed by atoms with van der Waals surface area (Å²) in [6, 6.07) is 0.343. The van der Waals surface area contributed by atoms with Crippen molar-refractivity contribution in [2.75, 3.05) is 0 Å². The molecule has 0 fully saturated rings. The lowest BCUT2D eigenvalue weighted by Crippen LogP contribution is -2.37. The van der Waals surface area contributed by atoms with Crippen molar-refractivity contribution in [1.29, 1.82) is 0 Å². The molecule has 1 rings (SSSR count). The van der Waals surface area contributed by atoms with Gasteiger partial charge in [-0.2, -0.15) is 0 Å². The second-order valence-electron chi connectivity index (χ2n) is 4.91. The summed E-state index contributed by atoms with van der Waals surface area (Å²) < 4.78 is 50.3. The van der Waals surface area contributed by atoms with Crippen LogP contribution in [0.3, 0.4) is 0 Å². The molecule has 9 heteroatoms. The van der Waals surface area contributed by atoms with Crippen LogP contribution in [0.4, 0.5) is 8.78 Å². The van der Waals surface area contributed by atoms with E-state index in [1.807, 2.05) is 13.8 Å². The number of benzene rings is 1. The van der Waals surface area contributed by atoms with Gasteiger partial charge < -0.3 is 5.32 Å². The maximum absolute atomic E-state index is 14.2. The second kappa shape index (κ2) is 6.37. The van der Waals surface area contributed by atoms with Crippen molar-refractivity contribution in [2.45, 2.75) is 31.7 Å². The Morgan fingerprint density at radius 1 is 1.33 bits per heavy atom. The minimum absolute atomic E-state index is 0.0354. The van der Waals surface area contributed by atoms with Gasteiger partial charge in [-0.05, 0) is 34.8 Å². The lowest BCUT2D eigenvalue weighted by Gasteiger charge is -2.18. The fourth-order valence-electron chi connectivity index (χ4n) is 1.49. The minimum atomic E-state index is -4.45. The van der Waals surface area contributed by atoms with Crippen LogP contribution in [0.5, 0.6) is 0 Å². The van der Waals surface area contributed by atoms with E-state index in [0.717, 1.165) is 0 Å². The molecule has 0 bridgehead atoms. The van der Waals surface area contributed by atoms with E-state index in [9.17, 15) is 22.0 Å². The van der Waals surface area contributed by atoms with Crippen LogP contribution in [-0.2, 0) is 10.0 Å². The molecule has 1 aromatic carbocycles. The Labute approximate surface area is 130 Å². The number of nitrogens with one attached hydrogen (secondary N) is 1. The molecule has 0 radical (unpaired) electrons.